The van der Waals surface area contributed by atoms with Gasteiger partial charge < -0.3 is 15.5 Å². The highest BCUT2D eigenvalue weighted by atomic mass is 16.1. The summed E-state index contributed by atoms with van der Waals surface area (Å²) in [5.74, 6) is 0.0335. The summed E-state index contributed by atoms with van der Waals surface area (Å²) in [7, 11) is 3.59. The smallest absolute Gasteiger partial charge is 0.239 e. The fourth-order valence-corrected chi connectivity index (χ4v) is 1.67. The highest BCUT2D eigenvalue weighted by Gasteiger charge is 2.08. The second-order valence-electron chi connectivity index (χ2n) is 3.88. The Morgan fingerprint density at radius 3 is 2.35 bits per heavy atom. The molecular formula is C13H21N3O. The van der Waals surface area contributed by atoms with Crippen LogP contribution in [0.5, 0.6) is 0 Å². The van der Waals surface area contributed by atoms with Crippen molar-refractivity contribution in [2.45, 2.75) is 13.5 Å². The lowest BCUT2D eigenvalue weighted by molar-refractivity contribution is -0.119. The maximum absolute atomic E-state index is 11.4. The average Bonchev–Trinajstić information content (AvgIpc) is 2.37. The quantitative estimate of drug-likeness (QED) is 0.772. The molecule has 0 radical (unpaired) electrons. The molecule has 1 aromatic carbocycles. The number of likely N-dealkylation sites (N-methyl/N-ethyl adjacent to an activating group) is 2. The number of rotatable bonds is 6. The predicted molar refractivity (Wildman–Crippen MR) is 71.2 cm³/mol. The summed E-state index contributed by atoms with van der Waals surface area (Å²) in [6.07, 6.45) is 0. The van der Waals surface area contributed by atoms with Gasteiger partial charge in [0.1, 0.15) is 0 Å². The van der Waals surface area contributed by atoms with Crippen molar-refractivity contribution in [3.8, 4) is 0 Å². The molecule has 4 nitrogen and oxygen atoms in total. The lowest BCUT2D eigenvalue weighted by Gasteiger charge is -2.22. The van der Waals surface area contributed by atoms with Crippen LogP contribution in [0.4, 0.5) is 5.69 Å². The van der Waals surface area contributed by atoms with E-state index in [-0.39, 0.29) is 5.91 Å². The molecule has 0 saturated carbocycles. The van der Waals surface area contributed by atoms with E-state index in [1.165, 1.54) is 5.56 Å². The Kier molecular flexibility index (Phi) is 5.49. The molecule has 0 saturated heterocycles. The van der Waals surface area contributed by atoms with Crippen molar-refractivity contribution >= 4 is 11.6 Å². The SMILES string of the molecule is CCN(CC(=O)NC)c1ccc(CNC)cc1. The number of carbonyl (C=O) groups is 1. The van der Waals surface area contributed by atoms with Gasteiger partial charge in [0, 0.05) is 25.8 Å². The first kappa shape index (κ1) is 13.5. The highest BCUT2D eigenvalue weighted by molar-refractivity contribution is 5.81. The fraction of sp³-hybridized carbons (Fsp3) is 0.462. The Labute approximate surface area is 103 Å². The lowest BCUT2D eigenvalue weighted by Crippen LogP contribution is -2.35. The highest BCUT2D eigenvalue weighted by Crippen LogP contribution is 2.14. The molecule has 0 bridgehead atoms. The summed E-state index contributed by atoms with van der Waals surface area (Å²) in [5.41, 5.74) is 2.32. The Bertz CT molecular complexity index is 348. The summed E-state index contributed by atoms with van der Waals surface area (Å²) in [4.78, 5) is 13.4. The molecule has 1 aromatic rings. The van der Waals surface area contributed by atoms with Gasteiger partial charge in [0.05, 0.1) is 6.54 Å². The molecule has 0 aliphatic rings. The van der Waals surface area contributed by atoms with Crippen LogP contribution in [0.25, 0.3) is 0 Å². The number of nitrogens with one attached hydrogen (secondary N) is 2. The zero-order chi connectivity index (χ0) is 12.7. The maximum Gasteiger partial charge on any atom is 0.239 e. The molecule has 0 fully saturated rings. The van der Waals surface area contributed by atoms with Gasteiger partial charge in [0.25, 0.3) is 0 Å². The summed E-state index contributed by atoms with van der Waals surface area (Å²) in [5, 5.41) is 5.75. The van der Waals surface area contributed by atoms with Gasteiger partial charge >= 0.3 is 0 Å². The zero-order valence-corrected chi connectivity index (χ0v) is 10.8. The lowest BCUT2D eigenvalue weighted by atomic mass is 10.2. The van der Waals surface area contributed by atoms with Crippen LogP contribution in [0.2, 0.25) is 0 Å². The van der Waals surface area contributed by atoms with Gasteiger partial charge in [-0.2, -0.15) is 0 Å². The third-order valence-electron chi connectivity index (χ3n) is 2.68. The molecule has 0 aromatic heterocycles. The molecule has 0 spiro atoms. The number of amides is 1. The van der Waals surface area contributed by atoms with Crippen molar-refractivity contribution in [2.24, 2.45) is 0 Å². The van der Waals surface area contributed by atoms with Crippen LogP contribution in [0.15, 0.2) is 24.3 Å². The van der Waals surface area contributed by atoms with Gasteiger partial charge in [-0.05, 0) is 31.7 Å². The first-order chi connectivity index (χ1) is 8.21. The van der Waals surface area contributed by atoms with Crippen LogP contribution in [0.3, 0.4) is 0 Å². The summed E-state index contributed by atoms with van der Waals surface area (Å²) in [6, 6.07) is 8.27. The summed E-state index contributed by atoms with van der Waals surface area (Å²) in [6.45, 7) is 4.13. The first-order valence-corrected chi connectivity index (χ1v) is 5.90. The van der Waals surface area contributed by atoms with Crippen LogP contribution in [-0.2, 0) is 11.3 Å². The van der Waals surface area contributed by atoms with E-state index < -0.39 is 0 Å². The Balaban J connectivity index is 2.71. The number of carbonyl (C=O) groups excluding carboxylic acids is 1. The first-order valence-electron chi connectivity index (χ1n) is 5.90. The largest absolute Gasteiger partial charge is 0.363 e. The van der Waals surface area contributed by atoms with Crippen molar-refractivity contribution in [3.05, 3.63) is 29.8 Å². The van der Waals surface area contributed by atoms with E-state index in [9.17, 15) is 4.79 Å². The summed E-state index contributed by atoms with van der Waals surface area (Å²) < 4.78 is 0. The van der Waals surface area contributed by atoms with Crippen molar-refractivity contribution in [1.29, 1.82) is 0 Å². The predicted octanol–water partition coefficient (Wildman–Crippen LogP) is 0.978. The van der Waals surface area contributed by atoms with E-state index in [4.69, 9.17) is 0 Å². The molecular weight excluding hydrogens is 214 g/mol. The van der Waals surface area contributed by atoms with E-state index >= 15 is 0 Å². The van der Waals surface area contributed by atoms with Gasteiger partial charge in [0.2, 0.25) is 5.91 Å². The molecule has 2 N–H and O–H groups in total. The normalized spacial score (nSPS) is 10.1. The van der Waals surface area contributed by atoms with Crippen LogP contribution in [-0.4, -0.2) is 33.1 Å². The molecule has 0 unspecified atom stereocenters. The minimum Gasteiger partial charge on any atom is -0.363 e. The molecule has 0 atom stereocenters. The number of anilines is 1. The zero-order valence-electron chi connectivity index (χ0n) is 10.8. The van der Waals surface area contributed by atoms with Gasteiger partial charge in [-0.25, -0.2) is 0 Å². The van der Waals surface area contributed by atoms with Crippen LogP contribution < -0.4 is 15.5 Å². The van der Waals surface area contributed by atoms with Crippen LogP contribution in [0.1, 0.15) is 12.5 Å². The van der Waals surface area contributed by atoms with Crippen molar-refractivity contribution in [1.82, 2.24) is 10.6 Å². The Morgan fingerprint density at radius 1 is 1.24 bits per heavy atom. The molecule has 0 aliphatic carbocycles. The molecule has 17 heavy (non-hydrogen) atoms. The van der Waals surface area contributed by atoms with Crippen molar-refractivity contribution in [2.75, 3.05) is 32.1 Å². The number of benzene rings is 1. The Hall–Kier alpha value is -1.55. The number of hydrogen-bond acceptors (Lipinski definition) is 3. The van der Waals surface area contributed by atoms with Crippen molar-refractivity contribution in [3.63, 3.8) is 0 Å². The number of hydrogen-bond donors (Lipinski definition) is 2. The molecule has 1 rings (SSSR count). The molecule has 0 heterocycles. The van der Waals surface area contributed by atoms with Crippen molar-refractivity contribution < 1.29 is 4.79 Å². The van der Waals surface area contributed by atoms with Crippen LogP contribution in [0, 0.1) is 0 Å². The molecule has 1 amide bonds. The minimum absolute atomic E-state index is 0.0335. The van der Waals surface area contributed by atoms with E-state index in [0.717, 1.165) is 18.8 Å². The van der Waals surface area contributed by atoms with E-state index in [1.807, 2.05) is 18.9 Å². The van der Waals surface area contributed by atoms with E-state index in [1.54, 1.807) is 7.05 Å². The summed E-state index contributed by atoms with van der Waals surface area (Å²) >= 11 is 0. The van der Waals surface area contributed by atoms with Gasteiger partial charge in [-0.15, -0.1) is 0 Å². The van der Waals surface area contributed by atoms with E-state index in [0.29, 0.717) is 6.54 Å². The monoisotopic (exact) mass is 235 g/mol. The van der Waals surface area contributed by atoms with Crippen LogP contribution >= 0.6 is 0 Å². The number of nitrogens with zero attached hydrogens (tertiary/aromatic N) is 1. The Morgan fingerprint density at radius 2 is 1.88 bits per heavy atom. The van der Waals surface area contributed by atoms with E-state index in [2.05, 4.69) is 34.9 Å². The average molecular weight is 235 g/mol. The standard InChI is InChI=1S/C13H21N3O/c1-4-16(10-13(17)15-3)12-7-5-11(6-8-12)9-14-2/h5-8,14H,4,9-10H2,1-3H3,(H,15,17). The van der Waals surface area contributed by atoms with Gasteiger partial charge in [-0.1, -0.05) is 12.1 Å². The third kappa shape index (κ3) is 4.07. The van der Waals surface area contributed by atoms with Gasteiger partial charge in [-0.3, -0.25) is 4.79 Å². The second-order valence-corrected chi connectivity index (χ2v) is 3.88. The molecule has 94 valence electrons. The molecule has 4 heteroatoms. The minimum atomic E-state index is 0.0335. The van der Waals surface area contributed by atoms with Gasteiger partial charge in [0.15, 0.2) is 0 Å². The molecule has 0 aliphatic heterocycles. The maximum atomic E-state index is 11.4. The fourth-order valence-electron chi connectivity index (χ4n) is 1.67. The third-order valence-corrected chi connectivity index (χ3v) is 2.68. The topological polar surface area (TPSA) is 44.4 Å². The second kappa shape index (κ2) is 6.91.